The Labute approximate surface area is 114 Å². The van der Waals surface area contributed by atoms with E-state index in [4.69, 9.17) is 16.9 Å². The first-order chi connectivity index (χ1) is 8.60. The Bertz CT molecular complexity index is 603. The summed E-state index contributed by atoms with van der Waals surface area (Å²) in [5.41, 5.74) is 0.751. The monoisotopic (exact) mass is 280 g/mol. The Morgan fingerprint density at radius 2 is 2.17 bits per heavy atom. The number of anilines is 1. The van der Waals surface area contributed by atoms with E-state index >= 15 is 0 Å². The molecule has 0 aliphatic heterocycles. The van der Waals surface area contributed by atoms with Crippen molar-refractivity contribution in [2.45, 2.75) is 13.0 Å². The molecule has 0 saturated heterocycles. The maximum atomic E-state index is 13.2. The van der Waals surface area contributed by atoms with Crippen LogP contribution in [-0.2, 0) is 0 Å². The van der Waals surface area contributed by atoms with Crippen molar-refractivity contribution in [3.63, 3.8) is 0 Å². The highest BCUT2D eigenvalue weighted by Gasteiger charge is 2.09. The SMILES string of the molecule is CC(Nc1ccc(F)c(C#N)c1)c1ccc(Cl)s1. The Morgan fingerprint density at radius 1 is 1.39 bits per heavy atom. The number of nitrogens with zero attached hydrogens (tertiary/aromatic N) is 1. The van der Waals surface area contributed by atoms with Crippen molar-refractivity contribution in [1.82, 2.24) is 0 Å². The van der Waals surface area contributed by atoms with Crippen molar-refractivity contribution in [1.29, 1.82) is 5.26 Å². The molecule has 0 amide bonds. The fourth-order valence-electron chi connectivity index (χ4n) is 1.58. The number of hydrogen-bond acceptors (Lipinski definition) is 3. The van der Waals surface area contributed by atoms with Crippen molar-refractivity contribution in [3.05, 3.63) is 50.9 Å². The standard InChI is InChI=1S/C13H10ClFN2S/c1-8(12-4-5-13(14)18-12)17-10-2-3-11(15)9(6-10)7-16/h2-6,8,17H,1H3. The first kappa shape index (κ1) is 12.9. The number of thiophene rings is 1. The summed E-state index contributed by atoms with van der Waals surface area (Å²) in [6.07, 6.45) is 0. The van der Waals surface area contributed by atoms with Gasteiger partial charge in [-0.3, -0.25) is 0 Å². The minimum absolute atomic E-state index is 0.0383. The molecule has 1 aromatic heterocycles. The molecule has 5 heteroatoms. The van der Waals surface area contributed by atoms with Gasteiger partial charge in [0.15, 0.2) is 0 Å². The van der Waals surface area contributed by atoms with Gasteiger partial charge in [-0.2, -0.15) is 5.26 Å². The average Bonchev–Trinajstić information content (AvgIpc) is 2.78. The largest absolute Gasteiger partial charge is 0.378 e. The lowest BCUT2D eigenvalue weighted by atomic mass is 10.2. The molecule has 2 rings (SSSR count). The van der Waals surface area contributed by atoms with E-state index in [0.29, 0.717) is 5.69 Å². The molecule has 1 heterocycles. The Morgan fingerprint density at radius 3 is 2.78 bits per heavy atom. The molecule has 0 fully saturated rings. The van der Waals surface area contributed by atoms with E-state index in [-0.39, 0.29) is 11.6 Å². The fraction of sp³-hybridized carbons (Fsp3) is 0.154. The number of nitriles is 1. The summed E-state index contributed by atoms with van der Waals surface area (Å²) in [6, 6.07) is 10.1. The molecule has 18 heavy (non-hydrogen) atoms. The van der Waals surface area contributed by atoms with E-state index < -0.39 is 5.82 Å². The average molecular weight is 281 g/mol. The summed E-state index contributed by atoms with van der Waals surface area (Å²) in [7, 11) is 0. The van der Waals surface area contributed by atoms with Crippen LogP contribution < -0.4 is 5.32 Å². The van der Waals surface area contributed by atoms with Gasteiger partial charge in [-0.25, -0.2) is 4.39 Å². The van der Waals surface area contributed by atoms with Gasteiger partial charge < -0.3 is 5.32 Å². The van der Waals surface area contributed by atoms with E-state index in [1.54, 1.807) is 6.07 Å². The lowest BCUT2D eigenvalue weighted by Gasteiger charge is -2.13. The Balaban J connectivity index is 2.17. The van der Waals surface area contributed by atoms with Crippen LogP contribution in [0.3, 0.4) is 0 Å². The minimum atomic E-state index is -0.505. The van der Waals surface area contributed by atoms with Gasteiger partial charge in [-0.1, -0.05) is 11.6 Å². The third-order valence-electron chi connectivity index (χ3n) is 2.49. The predicted molar refractivity (Wildman–Crippen MR) is 72.5 cm³/mol. The third-order valence-corrected chi connectivity index (χ3v) is 3.90. The van der Waals surface area contributed by atoms with Gasteiger partial charge in [0, 0.05) is 10.6 Å². The Hall–Kier alpha value is -1.57. The molecule has 2 aromatic rings. The van der Waals surface area contributed by atoms with Crippen LogP contribution in [0.15, 0.2) is 30.3 Å². The van der Waals surface area contributed by atoms with Crippen LogP contribution in [0.1, 0.15) is 23.4 Å². The molecule has 0 spiro atoms. The van der Waals surface area contributed by atoms with E-state index in [1.165, 1.54) is 23.5 Å². The third kappa shape index (κ3) is 2.81. The summed E-state index contributed by atoms with van der Waals surface area (Å²) in [6.45, 7) is 1.98. The molecule has 1 aromatic carbocycles. The van der Waals surface area contributed by atoms with Crippen LogP contribution in [-0.4, -0.2) is 0 Å². The van der Waals surface area contributed by atoms with E-state index in [9.17, 15) is 4.39 Å². The molecule has 0 aliphatic rings. The zero-order chi connectivity index (χ0) is 13.1. The zero-order valence-electron chi connectivity index (χ0n) is 9.58. The van der Waals surface area contributed by atoms with E-state index in [1.807, 2.05) is 25.1 Å². The summed E-state index contributed by atoms with van der Waals surface area (Å²) in [5.74, 6) is -0.505. The first-order valence-electron chi connectivity index (χ1n) is 5.31. The molecule has 0 bridgehead atoms. The highest BCUT2D eigenvalue weighted by Crippen LogP contribution is 2.29. The molecule has 1 unspecified atom stereocenters. The van der Waals surface area contributed by atoms with Crippen LogP contribution in [0.5, 0.6) is 0 Å². The molecule has 92 valence electrons. The number of benzene rings is 1. The summed E-state index contributed by atoms with van der Waals surface area (Å²) < 4.78 is 13.9. The predicted octanol–water partition coefficient (Wildman–Crippen LogP) is 4.59. The van der Waals surface area contributed by atoms with Crippen molar-refractivity contribution in [2.24, 2.45) is 0 Å². The minimum Gasteiger partial charge on any atom is -0.378 e. The van der Waals surface area contributed by atoms with Crippen LogP contribution in [0.25, 0.3) is 0 Å². The highest BCUT2D eigenvalue weighted by molar-refractivity contribution is 7.16. The van der Waals surface area contributed by atoms with Crippen molar-refractivity contribution >= 4 is 28.6 Å². The van der Waals surface area contributed by atoms with Gasteiger partial charge in [0.2, 0.25) is 0 Å². The maximum absolute atomic E-state index is 13.2. The lowest BCUT2D eigenvalue weighted by molar-refractivity contribution is 0.624. The summed E-state index contributed by atoms with van der Waals surface area (Å²) in [5, 5.41) is 12.0. The maximum Gasteiger partial charge on any atom is 0.141 e. The highest BCUT2D eigenvalue weighted by atomic mass is 35.5. The van der Waals surface area contributed by atoms with Gasteiger partial charge >= 0.3 is 0 Å². The van der Waals surface area contributed by atoms with Crippen molar-refractivity contribution in [2.75, 3.05) is 5.32 Å². The van der Waals surface area contributed by atoms with Gasteiger partial charge in [0.1, 0.15) is 11.9 Å². The van der Waals surface area contributed by atoms with Crippen LogP contribution in [0, 0.1) is 17.1 Å². The van der Waals surface area contributed by atoms with Gasteiger partial charge in [0.05, 0.1) is 15.9 Å². The second-order valence-corrected chi connectivity index (χ2v) is 5.56. The Kier molecular flexibility index (Phi) is 3.85. The number of nitrogens with one attached hydrogen (secondary N) is 1. The molecule has 1 N–H and O–H groups in total. The van der Waals surface area contributed by atoms with Gasteiger partial charge in [0.25, 0.3) is 0 Å². The molecule has 0 aliphatic carbocycles. The second-order valence-electron chi connectivity index (χ2n) is 3.81. The molecular weight excluding hydrogens is 271 g/mol. The molecule has 1 atom stereocenters. The molecule has 2 nitrogen and oxygen atoms in total. The van der Waals surface area contributed by atoms with Crippen LogP contribution in [0.2, 0.25) is 4.34 Å². The molecule has 0 saturated carbocycles. The summed E-state index contributed by atoms with van der Waals surface area (Å²) >= 11 is 7.37. The number of hydrogen-bond donors (Lipinski definition) is 1. The fourth-order valence-corrected chi connectivity index (χ4v) is 2.65. The van der Waals surface area contributed by atoms with Crippen molar-refractivity contribution in [3.8, 4) is 6.07 Å². The van der Waals surface area contributed by atoms with Gasteiger partial charge in [-0.05, 0) is 37.3 Å². The lowest BCUT2D eigenvalue weighted by Crippen LogP contribution is -2.05. The number of rotatable bonds is 3. The van der Waals surface area contributed by atoms with E-state index in [0.717, 1.165) is 9.21 Å². The van der Waals surface area contributed by atoms with E-state index in [2.05, 4.69) is 5.32 Å². The quantitative estimate of drug-likeness (QED) is 0.893. The van der Waals surface area contributed by atoms with Gasteiger partial charge in [-0.15, -0.1) is 11.3 Å². The smallest absolute Gasteiger partial charge is 0.141 e. The molecule has 0 radical (unpaired) electrons. The van der Waals surface area contributed by atoms with Crippen molar-refractivity contribution < 1.29 is 4.39 Å². The normalized spacial score (nSPS) is 11.9. The van der Waals surface area contributed by atoms with Crippen LogP contribution >= 0.6 is 22.9 Å². The first-order valence-corrected chi connectivity index (χ1v) is 6.51. The second kappa shape index (κ2) is 5.38. The summed E-state index contributed by atoms with van der Waals surface area (Å²) in [4.78, 5) is 1.09. The molecular formula is C13H10ClFN2S. The topological polar surface area (TPSA) is 35.8 Å². The zero-order valence-corrected chi connectivity index (χ0v) is 11.1. The number of halogens is 2. The van der Waals surface area contributed by atoms with Crippen LogP contribution in [0.4, 0.5) is 10.1 Å².